The van der Waals surface area contributed by atoms with Gasteiger partial charge in [-0.15, -0.1) is 0 Å². The number of benzene rings is 2. The number of hydrogen-bond acceptors (Lipinski definition) is 6. The molecule has 2 aromatic rings. The quantitative estimate of drug-likeness (QED) is 0.679. The molecule has 0 bridgehead atoms. The van der Waals surface area contributed by atoms with Crippen LogP contribution in [0.15, 0.2) is 36.4 Å². The lowest BCUT2D eigenvalue weighted by molar-refractivity contribution is 0.0933. The Labute approximate surface area is 177 Å². The number of carbonyl (C=O) groups excluding carboxylic acids is 1. The molecule has 30 heavy (non-hydrogen) atoms. The van der Waals surface area contributed by atoms with Crippen LogP contribution in [0.2, 0.25) is 0 Å². The average Bonchev–Trinajstić information content (AvgIpc) is 2.80. The number of nitrogens with one attached hydrogen (secondary N) is 1. The molecule has 2 aromatic carbocycles. The van der Waals surface area contributed by atoms with Crippen LogP contribution in [0, 0.1) is 0 Å². The first kappa shape index (κ1) is 21.8. The lowest BCUT2D eigenvalue weighted by Gasteiger charge is -2.30. The van der Waals surface area contributed by atoms with Gasteiger partial charge >= 0.3 is 0 Å². The van der Waals surface area contributed by atoms with Gasteiger partial charge in [0.05, 0.1) is 20.3 Å². The van der Waals surface area contributed by atoms with E-state index < -0.39 is 0 Å². The average molecular weight is 415 g/mol. The first-order valence-corrected chi connectivity index (χ1v) is 10.2. The van der Waals surface area contributed by atoms with Gasteiger partial charge in [-0.3, -0.25) is 9.69 Å². The van der Waals surface area contributed by atoms with Crippen molar-refractivity contribution in [3.63, 3.8) is 0 Å². The Bertz CT molecular complexity index is 849. The Morgan fingerprint density at radius 3 is 2.57 bits per heavy atom. The van der Waals surface area contributed by atoms with E-state index in [1.54, 1.807) is 26.4 Å². The lowest BCUT2D eigenvalue weighted by atomic mass is 10.0. The number of methoxy groups -OCH3 is 2. The van der Waals surface area contributed by atoms with Gasteiger partial charge in [-0.2, -0.15) is 0 Å². The van der Waals surface area contributed by atoms with E-state index in [-0.39, 0.29) is 11.9 Å². The maximum absolute atomic E-state index is 13.0. The van der Waals surface area contributed by atoms with Crippen LogP contribution < -0.4 is 24.3 Å². The van der Waals surface area contributed by atoms with E-state index in [1.165, 1.54) is 0 Å². The Balaban J connectivity index is 1.80. The molecular weight excluding hydrogens is 384 g/mol. The summed E-state index contributed by atoms with van der Waals surface area (Å²) in [6, 6.07) is 11.4. The molecule has 1 amide bonds. The zero-order valence-corrected chi connectivity index (χ0v) is 18.1. The summed E-state index contributed by atoms with van der Waals surface area (Å²) in [6.45, 7) is 7.33. The van der Waals surface area contributed by atoms with Crippen LogP contribution in [0.5, 0.6) is 23.0 Å². The van der Waals surface area contributed by atoms with Crippen molar-refractivity contribution < 1.29 is 23.7 Å². The van der Waals surface area contributed by atoms with Crippen LogP contribution in [-0.4, -0.2) is 57.9 Å². The van der Waals surface area contributed by atoms with Gasteiger partial charge in [0.2, 0.25) is 5.75 Å². The third-order valence-corrected chi connectivity index (χ3v) is 5.28. The summed E-state index contributed by atoms with van der Waals surface area (Å²) in [5.41, 5.74) is 1.57. The molecule has 0 fully saturated rings. The molecule has 1 aliphatic rings. The Kier molecular flexibility index (Phi) is 7.41. The molecule has 7 heteroatoms. The van der Waals surface area contributed by atoms with Crippen molar-refractivity contribution >= 4 is 5.91 Å². The van der Waals surface area contributed by atoms with Crippen LogP contribution in [-0.2, 0) is 0 Å². The van der Waals surface area contributed by atoms with Crippen molar-refractivity contribution in [3.8, 4) is 23.0 Å². The largest absolute Gasteiger partial charge is 0.497 e. The Hall–Kier alpha value is -2.93. The zero-order valence-electron chi connectivity index (χ0n) is 18.1. The van der Waals surface area contributed by atoms with Crippen molar-refractivity contribution in [2.24, 2.45) is 0 Å². The first-order chi connectivity index (χ1) is 14.6. The number of hydrogen-bond donors (Lipinski definition) is 1. The number of nitrogens with zero attached hydrogens (tertiary/aromatic N) is 1. The van der Waals surface area contributed by atoms with Crippen molar-refractivity contribution in [3.05, 3.63) is 47.5 Å². The molecule has 1 N–H and O–H groups in total. The number of ether oxygens (including phenoxy) is 4. The van der Waals surface area contributed by atoms with E-state index in [0.717, 1.165) is 24.4 Å². The van der Waals surface area contributed by atoms with Crippen LogP contribution in [0.4, 0.5) is 0 Å². The molecule has 0 aliphatic carbocycles. The highest BCUT2D eigenvalue weighted by atomic mass is 16.6. The number of amides is 1. The van der Waals surface area contributed by atoms with Crippen LogP contribution >= 0.6 is 0 Å². The second-order valence-corrected chi connectivity index (χ2v) is 6.93. The Morgan fingerprint density at radius 1 is 1.10 bits per heavy atom. The lowest BCUT2D eigenvalue weighted by Crippen LogP contribution is -2.38. The molecule has 0 aromatic heterocycles. The smallest absolute Gasteiger partial charge is 0.251 e. The molecule has 0 saturated carbocycles. The number of carbonyl (C=O) groups is 1. The van der Waals surface area contributed by atoms with Gasteiger partial charge in [0.15, 0.2) is 11.5 Å². The summed E-state index contributed by atoms with van der Waals surface area (Å²) in [4.78, 5) is 15.3. The fourth-order valence-corrected chi connectivity index (χ4v) is 3.67. The summed E-state index contributed by atoms with van der Waals surface area (Å²) >= 11 is 0. The summed E-state index contributed by atoms with van der Waals surface area (Å²) < 4.78 is 22.0. The molecule has 0 radical (unpaired) electrons. The molecular formula is C23H30N2O5. The van der Waals surface area contributed by atoms with Gasteiger partial charge in [-0.05, 0) is 42.9 Å². The fourth-order valence-electron chi connectivity index (χ4n) is 3.67. The minimum atomic E-state index is -0.190. The van der Waals surface area contributed by atoms with E-state index in [0.29, 0.717) is 42.6 Å². The summed E-state index contributed by atoms with van der Waals surface area (Å²) in [6.07, 6.45) is 0. The molecule has 1 aliphatic heterocycles. The first-order valence-electron chi connectivity index (χ1n) is 10.2. The zero-order chi connectivity index (χ0) is 21.5. The molecule has 1 heterocycles. The predicted molar refractivity (Wildman–Crippen MR) is 115 cm³/mol. The molecule has 162 valence electrons. The van der Waals surface area contributed by atoms with E-state index >= 15 is 0 Å². The second kappa shape index (κ2) is 10.2. The highest BCUT2D eigenvalue weighted by Gasteiger charge is 2.23. The summed E-state index contributed by atoms with van der Waals surface area (Å²) in [7, 11) is 3.21. The van der Waals surface area contributed by atoms with Gasteiger partial charge in [-0.1, -0.05) is 26.0 Å². The fraction of sp³-hybridized carbons (Fsp3) is 0.435. The topological polar surface area (TPSA) is 69.3 Å². The number of likely N-dealkylation sites (N-methyl/N-ethyl adjacent to an activating group) is 1. The van der Waals surface area contributed by atoms with E-state index in [1.807, 2.05) is 18.2 Å². The third kappa shape index (κ3) is 4.79. The van der Waals surface area contributed by atoms with Crippen molar-refractivity contribution in [1.29, 1.82) is 0 Å². The molecule has 0 saturated heterocycles. The van der Waals surface area contributed by atoms with Crippen molar-refractivity contribution in [1.82, 2.24) is 10.2 Å². The molecule has 0 unspecified atom stereocenters. The molecule has 0 spiro atoms. The summed E-state index contributed by atoms with van der Waals surface area (Å²) in [5.74, 6) is 2.17. The standard InChI is InChI=1S/C23H30N2O5/c1-5-25(6-2)19(16-8-7-9-18(12-16)27-3)15-24-23(26)17-13-20(28-4)22-21(14-17)29-10-11-30-22/h7-9,12-14,19H,5-6,10-11,15H2,1-4H3,(H,24,26)/t19-/m0/s1. The minimum absolute atomic E-state index is 0.0261. The highest BCUT2D eigenvalue weighted by Crippen LogP contribution is 2.40. The van der Waals surface area contributed by atoms with E-state index in [9.17, 15) is 4.79 Å². The van der Waals surface area contributed by atoms with E-state index in [4.69, 9.17) is 18.9 Å². The van der Waals surface area contributed by atoms with Crippen LogP contribution in [0.25, 0.3) is 0 Å². The Morgan fingerprint density at radius 2 is 1.87 bits per heavy atom. The SMILES string of the molecule is CCN(CC)[C@@H](CNC(=O)c1cc(OC)c2c(c1)OCCO2)c1cccc(OC)c1. The monoisotopic (exact) mass is 414 g/mol. The van der Waals surface area contributed by atoms with Gasteiger partial charge in [0.25, 0.3) is 5.91 Å². The van der Waals surface area contributed by atoms with Crippen molar-refractivity contribution in [2.45, 2.75) is 19.9 Å². The summed E-state index contributed by atoms with van der Waals surface area (Å²) in [5, 5.41) is 3.07. The normalized spacial score (nSPS) is 13.6. The number of rotatable bonds is 9. The van der Waals surface area contributed by atoms with Gasteiger partial charge < -0.3 is 24.3 Å². The second-order valence-electron chi connectivity index (χ2n) is 6.93. The van der Waals surface area contributed by atoms with Crippen LogP contribution in [0.1, 0.15) is 35.8 Å². The molecule has 1 atom stereocenters. The predicted octanol–water partition coefficient (Wildman–Crippen LogP) is 3.29. The highest BCUT2D eigenvalue weighted by molar-refractivity contribution is 5.95. The molecule has 3 rings (SSSR count). The minimum Gasteiger partial charge on any atom is -0.497 e. The molecule has 7 nitrogen and oxygen atoms in total. The van der Waals surface area contributed by atoms with Gasteiger partial charge in [0, 0.05) is 12.1 Å². The third-order valence-electron chi connectivity index (χ3n) is 5.28. The number of fused-ring (bicyclic) bond motifs is 1. The van der Waals surface area contributed by atoms with Crippen molar-refractivity contribution in [2.75, 3.05) is 47.1 Å². The van der Waals surface area contributed by atoms with Gasteiger partial charge in [-0.25, -0.2) is 0 Å². The maximum atomic E-state index is 13.0. The van der Waals surface area contributed by atoms with Crippen LogP contribution in [0.3, 0.4) is 0 Å². The van der Waals surface area contributed by atoms with E-state index in [2.05, 4.69) is 30.1 Å². The van der Waals surface area contributed by atoms with Gasteiger partial charge in [0.1, 0.15) is 19.0 Å². The maximum Gasteiger partial charge on any atom is 0.251 e.